The van der Waals surface area contributed by atoms with Gasteiger partial charge in [-0.2, -0.15) is 0 Å². The molecule has 0 amide bonds. The van der Waals surface area contributed by atoms with Gasteiger partial charge in [0.1, 0.15) is 0 Å². The summed E-state index contributed by atoms with van der Waals surface area (Å²) in [7, 11) is 0. The fourth-order valence-corrected chi connectivity index (χ4v) is 6.14. The van der Waals surface area contributed by atoms with E-state index >= 15 is 0 Å². The Kier molecular flexibility index (Phi) is 6.97. The van der Waals surface area contributed by atoms with Gasteiger partial charge in [0.05, 0.1) is 16.5 Å². The molecule has 0 spiro atoms. The molecule has 2 heterocycles. The van der Waals surface area contributed by atoms with E-state index < -0.39 is 16.8 Å². The van der Waals surface area contributed by atoms with Crippen molar-refractivity contribution in [3.63, 3.8) is 0 Å². The first-order valence-electron chi connectivity index (χ1n) is 12.7. The van der Waals surface area contributed by atoms with Crippen LogP contribution in [0.5, 0.6) is 0 Å². The van der Waals surface area contributed by atoms with Crippen LogP contribution in [0.15, 0.2) is 115 Å². The van der Waals surface area contributed by atoms with Crippen molar-refractivity contribution in [1.29, 1.82) is 0 Å². The number of benzene rings is 3. The number of aliphatic carboxylic acids is 1. The Morgan fingerprint density at radius 3 is 2.00 bits per heavy atom. The van der Waals surface area contributed by atoms with Gasteiger partial charge in [-0.25, -0.2) is 0 Å². The summed E-state index contributed by atoms with van der Waals surface area (Å²) in [5, 5.41) is 14.1. The van der Waals surface area contributed by atoms with Crippen LogP contribution in [-0.4, -0.2) is 29.1 Å². The minimum absolute atomic E-state index is 0.0679. The van der Waals surface area contributed by atoms with Gasteiger partial charge in [-0.15, -0.1) is 0 Å². The average Bonchev–Trinajstić information content (AvgIpc) is 2.96. The summed E-state index contributed by atoms with van der Waals surface area (Å²) in [6.45, 7) is 1.36. The quantitative estimate of drug-likeness (QED) is 0.336. The Bertz CT molecular complexity index is 1170. The molecule has 36 heavy (non-hydrogen) atoms. The standard InChI is InChI=1S/C32H32N2O2/c35-30(36)32(27-16-8-3-9-17-27)21-23-33-24-28(32)19-20-31(25-12-4-1-5-13-25,26-14-6-2-7-15-26)29-18-10-11-22-34-29/h1-18,22,28,33H,19-21,23-24H2,(H,35,36). The SMILES string of the molecule is O=C(O)C1(c2ccccc2)CCNCC1CCC(c1ccccc1)(c1ccccc1)c1ccccn1. The fraction of sp³-hybridized carbons (Fsp3) is 0.250. The summed E-state index contributed by atoms with van der Waals surface area (Å²) in [4.78, 5) is 17.8. The molecule has 0 saturated carbocycles. The van der Waals surface area contributed by atoms with Gasteiger partial charge in [-0.1, -0.05) is 97.1 Å². The summed E-state index contributed by atoms with van der Waals surface area (Å²) in [6.07, 6.45) is 3.90. The van der Waals surface area contributed by atoms with Crippen LogP contribution in [0, 0.1) is 5.92 Å². The first-order chi connectivity index (χ1) is 17.7. The van der Waals surface area contributed by atoms with Crippen LogP contribution in [0.2, 0.25) is 0 Å². The van der Waals surface area contributed by atoms with Gasteiger partial charge >= 0.3 is 5.97 Å². The number of hydrogen-bond acceptors (Lipinski definition) is 3. The van der Waals surface area contributed by atoms with Crippen molar-refractivity contribution in [2.45, 2.75) is 30.1 Å². The summed E-state index contributed by atoms with van der Waals surface area (Å²) in [6, 6.07) is 36.9. The lowest BCUT2D eigenvalue weighted by molar-refractivity contribution is -0.147. The van der Waals surface area contributed by atoms with Crippen LogP contribution in [0.25, 0.3) is 0 Å². The molecule has 2 unspecified atom stereocenters. The Balaban J connectivity index is 1.63. The number of carboxylic acid groups (broad SMARTS) is 1. The molecule has 1 aliphatic rings. The molecule has 0 aliphatic carbocycles. The molecular formula is C32H32N2O2. The second-order valence-corrected chi connectivity index (χ2v) is 9.68. The molecular weight excluding hydrogens is 444 g/mol. The molecule has 3 aromatic carbocycles. The molecule has 0 bridgehead atoms. The van der Waals surface area contributed by atoms with Crippen molar-refractivity contribution in [2.75, 3.05) is 13.1 Å². The number of carbonyl (C=O) groups is 1. The van der Waals surface area contributed by atoms with Crippen molar-refractivity contribution >= 4 is 5.97 Å². The van der Waals surface area contributed by atoms with Gasteiger partial charge in [0.2, 0.25) is 0 Å². The van der Waals surface area contributed by atoms with E-state index in [0.29, 0.717) is 19.5 Å². The monoisotopic (exact) mass is 476 g/mol. The zero-order valence-corrected chi connectivity index (χ0v) is 20.4. The smallest absolute Gasteiger partial charge is 0.314 e. The minimum Gasteiger partial charge on any atom is -0.481 e. The van der Waals surface area contributed by atoms with Crippen molar-refractivity contribution in [2.24, 2.45) is 5.92 Å². The highest BCUT2D eigenvalue weighted by Gasteiger charge is 2.49. The van der Waals surface area contributed by atoms with Crippen molar-refractivity contribution in [3.05, 3.63) is 138 Å². The number of aromatic nitrogens is 1. The topological polar surface area (TPSA) is 62.2 Å². The Hall–Kier alpha value is -3.76. The fourth-order valence-electron chi connectivity index (χ4n) is 6.14. The van der Waals surface area contributed by atoms with Crippen molar-refractivity contribution in [3.8, 4) is 0 Å². The van der Waals surface area contributed by atoms with Crippen LogP contribution in [0.3, 0.4) is 0 Å². The number of piperidine rings is 1. The highest BCUT2D eigenvalue weighted by atomic mass is 16.4. The Morgan fingerprint density at radius 1 is 0.861 bits per heavy atom. The zero-order valence-electron chi connectivity index (χ0n) is 20.4. The molecule has 1 aliphatic heterocycles. The number of nitrogens with one attached hydrogen (secondary N) is 1. The summed E-state index contributed by atoms with van der Waals surface area (Å²) in [5.41, 5.74) is 2.79. The lowest BCUT2D eigenvalue weighted by Gasteiger charge is -2.44. The largest absolute Gasteiger partial charge is 0.481 e. The maximum atomic E-state index is 13.0. The molecule has 1 fully saturated rings. The minimum atomic E-state index is -0.921. The molecule has 182 valence electrons. The number of carboxylic acids is 1. The molecule has 1 aromatic heterocycles. The van der Waals surface area contributed by atoms with E-state index in [0.717, 1.165) is 24.1 Å². The van der Waals surface area contributed by atoms with E-state index in [9.17, 15) is 9.90 Å². The van der Waals surface area contributed by atoms with Crippen LogP contribution < -0.4 is 5.32 Å². The highest BCUT2D eigenvalue weighted by Crippen LogP contribution is 2.47. The number of nitrogens with zero attached hydrogens (tertiary/aromatic N) is 1. The summed E-state index contributed by atoms with van der Waals surface area (Å²) < 4.78 is 0. The van der Waals surface area contributed by atoms with Crippen molar-refractivity contribution < 1.29 is 9.90 Å². The van der Waals surface area contributed by atoms with Gasteiger partial charge < -0.3 is 10.4 Å². The zero-order chi connectivity index (χ0) is 24.8. The maximum absolute atomic E-state index is 13.0. The van der Waals surface area contributed by atoms with E-state index in [2.05, 4.69) is 59.9 Å². The second-order valence-electron chi connectivity index (χ2n) is 9.68. The average molecular weight is 477 g/mol. The Labute approximate surface area is 213 Å². The van der Waals surface area contributed by atoms with E-state index in [-0.39, 0.29) is 5.92 Å². The molecule has 2 atom stereocenters. The molecule has 4 nitrogen and oxygen atoms in total. The molecule has 4 aromatic rings. The van der Waals surface area contributed by atoms with Crippen molar-refractivity contribution in [1.82, 2.24) is 10.3 Å². The van der Waals surface area contributed by atoms with Crippen LogP contribution in [0.4, 0.5) is 0 Å². The van der Waals surface area contributed by atoms with Crippen LogP contribution in [0.1, 0.15) is 41.6 Å². The first-order valence-corrected chi connectivity index (χ1v) is 12.7. The number of rotatable bonds is 8. The van der Waals surface area contributed by atoms with E-state index in [4.69, 9.17) is 4.98 Å². The van der Waals surface area contributed by atoms with Gasteiger partial charge in [0.15, 0.2) is 0 Å². The van der Waals surface area contributed by atoms with Crippen LogP contribution in [-0.2, 0) is 15.6 Å². The molecule has 4 heteroatoms. The number of pyridine rings is 1. The third-order valence-corrected chi connectivity index (χ3v) is 7.96. The highest BCUT2D eigenvalue weighted by molar-refractivity contribution is 5.82. The Morgan fingerprint density at radius 2 is 1.44 bits per heavy atom. The predicted octanol–water partition coefficient (Wildman–Crippen LogP) is 5.83. The van der Waals surface area contributed by atoms with E-state index in [1.807, 2.05) is 60.8 Å². The van der Waals surface area contributed by atoms with Gasteiger partial charge in [-0.3, -0.25) is 9.78 Å². The third-order valence-electron chi connectivity index (χ3n) is 7.96. The number of hydrogen-bond donors (Lipinski definition) is 2. The lowest BCUT2D eigenvalue weighted by Crippen LogP contribution is -2.53. The van der Waals surface area contributed by atoms with Gasteiger partial charge in [0, 0.05) is 6.20 Å². The summed E-state index contributed by atoms with van der Waals surface area (Å²) in [5.74, 6) is -0.801. The van der Waals surface area contributed by atoms with Crippen LogP contribution >= 0.6 is 0 Å². The third kappa shape index (κ3) is 4.22. The van der Waals surface area contributed by atoms with E-state index in [1.54, 1.807) is 0 Å². The lowest BCUT2D eigenvalue weighted by atomic mass is 9.61. The molecule has 1 saturated heterocycles. The molecule has 5 rings (SSSR count). The van der Waals surface area contributed by atoms with E-state index in [1.165, 1.54) is 11.1 Å². The maximum Gasteiger partial charge on any atom is 0.314 e. The normalized spacial score (nSPS) is 20.1. The first kappa shape index (κ1) is 24.0. The van der Waals surface area contributed by atoms with Gasteiger partial charge in [-0.05, 0) is 67.1 Å². The summed E-state index contributed by atoms with van der Waals surface area (Å²) >= 11 is 0. The predicted molar refractivity (Wildman–Crippen MR) is 143 cm³/mol. The second kappa shape index (κ2) is 10.5. The van der Waals surface area contributed by atoms with Gasteiger partial charge in [0.25, 0.3) is 0 Å². The molecule has 0 radical (unpaired) electrons. The molecule has 2 N–H and O–H groups in total.